The maximum atomic E-state index is 11.0. The van der Waals surface area contributed by atoms with Gasteiger partial charge in [0.1, 0.15) is 0 Å². The Hall–Kier alpha value is -2.10. The Morgan fingerprint density at radius 3 is 2.86 bits per heavy atom. The number of benzene rings is 1. The van der Waals surface area contributed by atoms with E-state index in [4.69, 9.17) is 11.1 Å². The standard InChI is InChI=1S/C10H11N3O/c1-2-10(14)13-9-5-3-4-8(12)7(9)6-11/h2-6,11H,1,12H2,(H,13,14). The largest absolute Gasteiger partial charge is 0.398 e. The van der Waals surface area contributed by atoms with Crippen molar-refractivity contribution in [1.82, 2.24) is 0 Å². The molecule has 0 unspecified atom stereocenters. The number of hydrogen-bond donors (Lipinski definition) is 3. The molecular weight excluding hydrogens is 178 g/mol. The van der Waals surface area contributed by atoms with Crippen molar-refractivity contribution >= 4 is 23.5 Å². The molecule has 4 heteroatoms. The van der Waals surface area contributed by atoms with E-state index in [-0.39, 0.29) is 5.91 Å². The number of amides is 1. The maximum absolute atomic E-state index is 11.0. The molecule has 0 fully saturated rings. The Morgan fingerprint density at radius 1 is 1.57 bits per heavy atom. The van der Waals surface area contributed by atoms with Crippen LogP contribution in [0.5, 0.6) is 0 Å². The Balaban J connectivity index is 3.07. The summed E-state index contributed by atoms with van der Waals surface area (Å²) in [6, 6.07) is 5.06. The van der Waals surface area contributed by atoms with Crippen molar-refractivity contribution in [3.05, 3.63) is 36.4 Å². The van der Waals surface area contributed by atoms with Crippen molar-refractivity contribution in [2.45, 2.75) is 0 Å². The summed E-state index contributed by atoms with van der Waals surface area (Å²) in [5, 5.41) is 9.71. The van der Waals surface area contributed by atoms with E-state index in [0.29, 0.717) is 16.9 Å². The summed E-state index contributed by atoms with van der Waals surface area (Å²) in [4.78, 5) is 11.0. The fourth-order valence-corrected chi connectivity index (χ4v) is 1.04. The SMILES string of the molecule is C=CC(=O)Nc1cccc(N)c1C=N. The lowest BCUT2D eigenvalue weighted by Gasteiger charge is -2.07. The molecule has 0 aromatic heterocycles. The van der Waals surface area contributed by atoms with Crippen LogP contribution in [0, 0.1) is 5.41 Å². The summed E-state index contributed by atoms with van der Waals surface area (Å²) in [7, 11) is 0. The van der Waals surface area contributed by atoms with Crippen molar-refractivity contribution in [3.63, 3.8) is 0 Å². The molecule has 1 amide bonds. The van der Waals surface area contributed by atoms with Crippen molar-refractivity contribution in [3.8, 4) is 0 Å². The fraction of sp³-hybridized carbons (Fsp3) is 0. The first kappa shape index (κ1) is 9.98. The number of carbonyl (C=O) groups excluding carboxylic acids is 1. The molecule has 0 saturated carbocycles. The van der Waals surface area contributed by atoms with Crippen molar-refractivity contribution < 1.29 is 4.79 Å². The minimum absolute atomic E-state index is 0.321. The van der Waals surface area contributed by atoms with E-state index in [9.17, 15) is 4.79 Å². The van der Waals surface area contributed by atoms with Gasteiger partial charge in [-0.15, -0.1) is 0 Å². The molecular formula is C10H11N3O. The first-order valence-electron chi connectivity index (χ1n) is 4.01. The van der Waals surface area contributed by atoms with Crippen molar-refractivity contribution in [2.75, 3.05) is 11.1 Å². The van der Waals surface area contributed by atoms with E-state index in [1.54, 1.807) is 18.2 Å². The zero-order chi connectivity index (χ0) is 10.6. The van der Waals surface area contributed by atoms with Gasteiger partial charge in [0.05, 0.1) is 5.69 Å². The Labute approximate surface area is 81.9 Å². The van der Waals surface area contributed by atoms with Gasteiger partial charge < -0.3 is 16.5 Å². The number of carbonyl (C=O) groups is 1. The van der Waals surface area contributed by atoms with Gasteiger partial charge in [0.15, 0.2) is 0 Å². The molecule has 0 spiro atoms. The summed E-state index contributed by atoms with van der Waals surface area (Å²) in [6.07, 6.45) is 2.27. The van der Waals surface area contributed by atoms with Crippen molar-refractivity contribution in [2.24, 2.45) is 0 Å². The normalized spacial score (nSPS) is 9.14. The van der Waals surface area contributed by atoms with E-state index in [0.717, 1.165) is 12.3 Å². The van der Waals surface area contributed by atoms with Crippen LogP contribution in [0.15, 0.2) is 30.9 Å². The van der Waals surface area contributed by atoms with Crippen LogP contribution >= 0.6 is 0 Å². The maximum Gasteiger partial charge on any atom is 0.247 e. The Morgan fingerprint density at radius 2 is 2.29 bits per heavy atom. The highest BCUT2D eigenvalue weighted by molar-refractivity contribution is 6.04. The monoisotopic (exact) mass is 189 g/mol. The van der Waals surface area contributed by atoms with Crippen LogP contribution < -0.4 is 11.1 Å². The summed E-state index contributed by atoms with van der Waals surface area (Å²) >= 11 is 0. The fourth-order valence-electron chi connectivity index (χ4n) is 1.04. The quantitative estimate of drug-likeness (QED) is 0.381. The highest BCUT2D eigenvalue weighted by Crippen LogP contribution is 2.19. The minimum atomic E-state index is -0.321. The number of hydrogen-bond acceptors (Lipinski definition) is 3. The molecule has 0 heterocycles. The van der Waals surface area contributed by atoms with E-state index in [1.165, 1.54) is 0 Å². The smallest absolute Gasteiger partial charge is 0.247 e. The van der Waals surface area contributed by atoms with E-state index >= 15 is 0 Å². The van der Waals surface area contributed by atoms with Gasteiger partial charge in [-0.25, -0.2) is 0 Å². The molecule has 0 aliphatic rings. The van der Waals surface area contributed by atoms with Gasteiger partial charge in [0, 0.05) is 17.5 Å². The average Bonchev–Trinajstić information content (AvgIpc) is 2.18. The van der Waals surface area contributed by atoms with Crippen LogP contribution in [-0.2, 0) is 4.79 Å². The van der Waals surface area contributed by atoms with Crippen LogP contribution in [0.25, 0.3) is 0 Å². The molecule has 4 N–H and O–H groups in total. The molecule has 0 atom stereocenters. The van der Waals surface area contributed by atoms with Crippen LogP contribution in [0.3, 0.4) is 0 Å². The molecule has 72 valence electrons. The summed E-state index contributed by atoms with van der Waals surface area (Å²) < 4.78 is 0. The summed E-state index contributed by atoms with van der Waals surface area (Å²) in [5.41, 5.74) is 7.10. The third-order valence-electron chi connectivity index (χ3n) is 1.73. The van der Waals surface area contributed by atoms with Gasteiger partial charge in [0.2, 0.25) is 5.91 Å². The van der Waals surface area contributed by atoms with Gasteiger partial charge in [-0.3, -0.25) is 4.79 Å². The van der Waals surface area contributed by atoms with E-state index < -0.39 is 0 Å². The molecule has 1 rings (SSSR count). The van der Waals surface area contributed by atoms with Crippen LogP contribution in [-0.4, -0.2) is 12.1 Å². The van der Waals surface area contributed by atoms with E-state index in [2.05, 4.69) is 11.9 Å². The molecule has 0 radical (unpaired) electrons. The predicted molar refractivity (Wildman–Crippen MR) is 57.6 cm³/mol. The lowest BCUT2D eigenvalue weighted by molar-refractivity contribution is -0.111. The molecule has 0 saturated heterocycles. The van der Waals surface area contributed by atoms with Crippen molar-refractivity contribution in [1.29, 1.82) is 5.41 Å². The van der Waals surface area contributed by atoms with Crippen LogP contribution in [0.2, 0.25) is 0 Å². The highest BCUT2D eigenvalue weighted by Gasteiger charge is 2.04. The molecule has 4 nitrogen and oxygen atoms in total. The average molecular weight is 189 g/mol. The second kappa shape index (κ2) is 4.23. The third kappa shape index (κ3) is 1.98. The second-order valence-electron chi connectivity index (χ2n) is 2.65. The van der Waals surface area contributed by atoms with Gasteiger partial charge in [-0.2, -0.15) is 0 Å². The van der Waals surface area contributed by atoms with Crippen LogP contribution in [0.4, 0.5) is 11.4 Å². The number of nitrogens with one attached hydrogen (secondary N) is 2. The summed E-state index contributed by atoms with van der Waals surface area (Å²) in [5.74, 6) is -0.321. The molecule has 0 aliphatic heterocycles. The number of nitrogen functional groups attached to an aromatic ring is 1. The zero-order valence-corrected chi connectivity index (χ0v) is 7.58. The van der Waals surface area contributed by atoms with Gasteiger partial charge in [-0.1, -0.05) is 12.6 Å². The van der Waals surface area contributed by atoms with Gasteiger partial charge >= 0.3 is 0 Å². The molecule has 1 aromatic rings. The first-order valence-corrected chi connectivity index (χ1v) is 4.01. The van der Waals surface area contributed by atoms with E-state index in [1.807, 2.05) is 0 Å². The zero-order valence-electron chi connectivity index (χ0n) is 7.58. The molecule has 1 aromatic carbocycles. The number of anilines is 2. The molecule has 0 aliphatic carbocycles. The van der Waals surface area contributed by atoms with Crippen LogP contribution in [0.1, 0.15) is 5.56 Å². The van der Waals surface area contributed by atoms with Gasteiger partial charge in [0.25, 0.3) is 0 Å². The molecule has 14 heavy (non-hydrogen) atoms. The summed E-state index contributed by atoms with van der Waals surface area (Å²) in [6.45, 7) is 3.33. The first-order chi connectivity index (χ1) is 6.69. The third-order valence-corrected chi connectivity index (χ3v) is 1.73. The highest BCUT2D eigenvalue weighted by atomic mass is 16.1. The lowest BCUT2D eigenvalue weighted by atomic mass is 10.1. The Bertz CT molecular complexity index is 385. The molecule has 0 bridgehead atoms. The predicted octanol–water partition coefficient (Wildman–Crippen LogP) is 1.39. The topological polar surface area (TPSA) is 79.0 Å². The minimum Gasteiger partial charge on any atom is -0.398 e. The van der Waals surface area contributed by atoms with Gasteiger partial charge in [-0.05, 0) is 18.2 Å². The number of rotatable bonds is 3. The Kier molecular flexibility index (Phi) is 3.01. The second-order valence-corrected chi connectivity index (χ2v) is 2.65. The number of nitrogens with two attached hydrogens (primary N) is 1. The lowest BCUT2D eigenvalue weighted by Crippen LogP contribution is -2.10.